The molecule has 1 aliphatic rings. The molecule has 0 aromatic carbocycles. The first-order chi connectivity index (χ1) is 17.4. The van der Waals surface area contributed by atoms with Gasteiger partial charge in [-0.2, -0.15) is 0 Å². The maximum Gasteiger partial charge on any atom is 0.339 e. The van der Waals surface area contributed by atoms with Crippen LogP contribution in [0.5, 0.6) is 0 Å². The van der Waals surface area contributed by atoms with E-state index in [-0.39, 0.29) is 5.69 Å². The van der Waals surface area contributed by atoms with Gasteiger partial charge in [0.15, 0.2) is 35.4 Å². The number of aromatic nitrogens is 2. The van der Waals surface area contributed by atoms with Gasteiger partial charge in [0.1, 0.15) is 0 Å². The van der Waals surface area contributed by atoms with Gasteiger partial charge in [-0.25, -0.2) is 4.79 Å². The lowest BCUT2D eigenvalue weighted by molar-refractivity contribution is -0.264. The highest BCUT2D eigenvalue weighted by molar-refractivity contribution is 7.71. The van der Waals surface area contributed by atoms with E-state index in [2.05, 4.69) is 4.98 Å². The summed E-state index contributed by atoms with van der Waals surface area (Å²) in [6.07, 6.45) is -12.4. The fourth-order valence-corrected chi connectivity index (χ4v) is 3.68. The Balaban J connectivity index is 2.85. The Bertz CT molecular complexity index is 1210. The second kappa shape index (κ2) is 11.2. The lowest BCUT2D eigenvalue weighted by Gasteiger charge is -2.44. The van der Waals surface area contributed by atoms with E-state index < -0.39 is 84.5 Å². The van der Waals surface area contributed by atoms with Gasteiger partial charge in [-0.1, -0.05) is 13.2 Å². The molecule has 13 heteroatoms. The van der Waals surface area contributed by atoms with Crippen molar-refractivity contribution in [2.75, 3.05) is 7.11 Å². The zero-order valence-corrected chi connectivity index (χ0v) is 18.9. The Morgan fingerprint density at radius 2 is 1.70 bits per heavy atom. The summed E-state index contributed by atoms with van der Waals surface area (Å²) in [4.78, 5) is 63.0. The summed E-state index contributed by atoms with van der Waals surface area (Å²) in [6.45, 7) is -0.142. The molecule has 1 aromatic rings. The van der Waals surface area contributed by atoms with Crippen molar-refractivity contribution < 1.29 is 49.7 Å². The molecule has 0 amide bonds. The van der Waals surface area contributed by atoms with Gasteiger partial charge >= 0.3 is 23.9 Å². The third-order valence-corrected chi connectivity index (χ3v) is 4.73. The van der Waals surface area contributed by atoms with Crippen LogP contribution in [-0.4, -0.2) is 65.0 Å². The van der Waals surface area contributed by atoms with Crippen molar-refractivity contribution >= 4 is 36.1 Å². The summed E-state index contributed by atoms with van der Waals surface area (Å²) in [7, 11) is 0.993. The maximum atomic E-state index is 12.7. The number of nitrogens with one attached hydrogen (secondary N) is 1. The number of hydrogen-bond acceptors (Lipinski definition) is 11. The predicted molar refractivity (Wildman–Crippen MR) is 112 cm³/mol. The molecule has 0 bridgehead atoms. The quantitative estimate of drug-likeness (QED) is 0.326. The smallest absolute Gasteiger partial charge is 0.339 e. The number of carbonyl (C=O) groups is 4. The molecule has 0 saturated carbocycles. The minimum atomic E-state index is -3.13. The van der Waals surface area contributed by atoms with Crippen molar-refractivity contribution in [1.29, 1.82) is 0 Å². The number of aromatic amines is 1. The number of ether oxygens (including phenoxy) is 5. The monoisotopic (exact) mass is 491 g/mol. The Morgan fingerprint density at radius 1 is 1.12 bits per heavy atom. The van der Waals surface area contributed by atoms with Crippen LogP contribution in [0.25, 0.3) is 0 Å². The number of rotatable bonds is 7. The van der Waals surface area contributed by atoms with Crippen molar-refractivity contribution in [2.24, 2.45) is 0 Å². The highest BCUT2D eigenvalue weighted by atomic mass is 32.1. The minimum Gasteiger partial charge on any atom is -0.467 e. The summed E-state index contributed by atoms with van der Waals surface area (Å²) in [5, 5.41) is 0. The van der Waals surface area contributed by atoms with Crippen LogP contribution in [0.3, 0.4) is 0 Å². The summed E-state index contributed by atoms with van der Waals surface area (Å²) >= 11 is 5.23. The lowest BCUT2D eigenvalue weighted by atomic mass is 9.96. The minimum absolute atomic E-state index is 0.321. The van der Waals surface area contributed by atoms with Crippen molar-refractivity contribution in [3.63, 3.8) is 0 Å². The average Bonchev–Trinajstić information content (AvgIpc) is 2.74. The second-order valence-corrected chi connectivity index (χ2v) is 7.23. The van der Waals surface area contributed by atoms with Crippen LogP contribution in [0.2, 0.25) is 0 Å². The van der Waals surface area contributed by atoms with Gasteiger partial charge in [0.2, 0.25) is 0 Å². The zero-order valence-electron chi connectivity index (χ0n) is 23.1. The predicted octanol–water partition coefficient (Wildman–Crippen LogP) is 0.724. The Morgan fingerprint density at radius 3 is 2.24 bits per heavy atom. The number of aryl methyl sites for hydroxylation is 1. The fourth-order valence-electron chi connectivity index (χ4n) is 3.36. The van der Waals surface area contributed by atoms with Crippen molar-refractivity contribution in [3.05, 3.63) is 26.9 Å². The summed E-state index contributed by atoms with van der Waals surface area (Å²) < 4.78 is 65.4. The van der Waals surface area contributed by atoms with Crippen LogP contribution >= 0.6 is 12.2 Å². The molecule has 5 atom stereocenters. The van der Waals surface area contributed by atoms with E-state index in [1.54, 1.807) is 0 Å². The summed E-state index contributed by atoms with van der Waals surface area (Å²) in [5.74, 6) is -3.89. The molecule has 1 fully saturated rings. The van der Waals surface area contributed by atoms with Gasteiger partial charge in [0, 0.05) is 39.4 Å². The number of carbonyl (C=O) groups excluding carboxylic acids is 4. The van der Waals surface area contributed by atoms with Crippen LogP contribution in [0, 0.1) is 4.77 Å². The topological polar surface area (TPSA) is 152 Å². The molecule has 182 valence electrons. The van der Waals surface area contributed by atoms with E-state index in [1.807, 2.05) is 0 Å². The number of nitrogens with zero attached hydrogens (tertiary/aromatic N) is 1. The zero-order chi connectivity index (χ0) is 29.2. The van der Waals surface area contributed by atoms with Crippen molar-refractivity contribution in [3.8, 4) is 0 Å². The van der Waals surface area contributed by atoms with Gasteiger partial charge in [0.25, 0.3) is 5.56 Å². The first-order valence-electron chi connectivity index (χ1n) is 12.0. The molecule has 1 N–H and O–H groups in total. The van der Waals surface area contributed by atoms with Gasteiger partial charge in [-0.3, -0.25) is 28.7 Å². The Labute approximate surface area is 201 Å². The van der Waals surface area contributed by atoms with Crippen LogP contribution in [0.1, 0.15) is 52.8 Å². The molecule has 2 rings (SSSR count). The SMILES string of the molecule is [2H]C([2H])([2H])C([2H])([2H])Cc1cc(=O)[nH]c(=S)n1[C@@H]1O[C@H](C(=O)OC)[C@@H](OC(C)=O)[C@H](OC(C)=O)[C@H]1OC(C)=O. The fraction of sp³-hybridized carbons (Fsp3) is 0.600. The largest absolute Gasteiger partial charge is 0.467 e. The molecule has 33 heavy (non-hydrogen) atoms. The summed E-state index contributed by atoms with van der Waals surface area (Å²) in [5.41, 5.74) is -1.14. The second-order valence-electron chi connectivity index (χ2n) is 6.85. The average molecular weight is 492 g/mol. The molecule has 0 unspecified atom stereocenters. The molecule has 0 aliphatic carbocycles. The lowest BCUT2D eigenvalue weighted by Crippen LogP contribution is -2.61. The molecular formula is C20H26N2O10S. The van der Waals surface area contributed by atoms with Gasteiger partial charge < -0.3 is 23.7 Å². The normalized spacial score (nSPS) is 27.5. The number of hydrogen-bond donors (Lipinski definition) is 1. The molecule has 0 spiro atoms. The van der Waals surface area contributed by atoms with E-state index in [4.69, 9.17) is 42.8 Å². The number of methoxy groups -OCH3 is 1. The van der Waals surface area contributed by atoms with Crippen LogP contribution < -0.4 is 5.56 Å². The number of H-pyrrole nitrogens is 1. The van der Waals surface area contributed by atoms with E-state index in [0.29, 0.717) is 0 Å². The molecule has 12 nitrogen and oxygen atoms in total. The van der Waals surface area contributed by atoms with Crippen LogP contribution in [0.15, 0.2) is 10.9 Å². The summed E-state index contributed by atoms with van der Waals surface area (Å²) in [6, 6.07) is 0.847. The molecule has 1 aromatic heterocycles. The van der Waals surface area contributed by atoms with Crippen molar-refractivity contribution in [1.82, 2.24) is 9.55 Å². The van der Waals surface area contributed by atoms with E-state index in [1.165, 1.54) is 0 Å². The number of esters is 4. The molecule has 1 aliphatic heterocycles. The van der Waals surface area contributed by atoms with E-state index in [0.717, 1.165) is 38.5 Å². The van der Waals surface area contributed by atoms with Gasteiger partial charge in [-0.15, -0.1) is 0 Å². The highest BCUT2D eigenvalue weighted by Gasteiger charge is 2.55. The first kappa shape index (κ1) is 19.4. The van der Waals surface area contributed by atoms with E-state index in [9.17, 15) is 24.0 Å². The Hall–Kier alpha value is -3.06. The third-order valence-electron chi connectivity index (χ3n) is 4.43. The van der Waals surface area contributed by atoms with Gasteiger partial charge in [-0.05, 0) is 18.6 Å². The molecule has 2 heterocycles. The van der Waals surface area contributed by atoms with Crippen LogP contribution in [0.4, 0.5) is 0 Å². The highest BCUT2D eigenvalue weighted by Crippen LogP contribution is 2.35. The van der Waals surface area contributed by atoms with Gasteiger partial charge in [0.05, 0.1) is 7.11 Å². The third kappa shape index (κ3) is 6.26. The maximum absolute atomic E-state index is 12.7. The van der Waals surface area contributed by atoms with E-state index >= 15 is 0 Å². The molecule has 1 saturated heterocycles. The molecule has 0 radical (unpaired) electrons. The van der Waals surface area contributed by atoms with Crippen LogP contribution in [-0.2, 0) is 49.3 Å². The standard InChI is InChI=1S/C20H26N2O10S/c1-6-7-12-8-13(26)21-20(33)22(12)18-16(31-11(4)25)14(29-9(2)23)15(30-10(3)24)17(32-18)19(27)28-5/h8,14-18H,6-7H2,1-5H3,(H,21,26,33)/t14-,15-,16+,17-,18+/m0/s1/i1D3,6D2. The first-order valence-corrected chi connectivity index (χ1v) is 9.90. The van der Waals surface area contributed by atoms with Crippen molar-refractivity contribution in [2.45, 2.75) is 71.1 Å². The Kier molecular flexibility index (Phi) is 6.58. The molecular weight excluding hydrogens is 460 g/mol.